The van der Waals surface area contributed by atoms with Gasteiger partial charge in [0.25, 0.3) is 10.0 Å². The van der Waals surface area contributed by atoms with Crippen molar-refractivity contribution in [3.63, 3.8) is 0 Å². The topological polar surface area (TPSA) is 124 Å². The lowest BCUT2D eigenvalue weighted by Gasteiger charge is -2.08. The van der Waals surface area contributed by atoms with Gasteiger partial charge < -0.3 is 13.9 Å². The summed E-state index contributed by atoms with van der Waals surface area (Å²) in [5.41, 5.74) is 0.394. The molecule has 1 atom stereocenters. The van der Waals surface area contributed by atoms with Crippen molar-refractivity contribution in [1.29, 1.82) is 0 Å². The predicted molar refractivity (Wildman–Crippen MR) is 92.6 cm³/mol. The first-order valence-electron chi connectivity index (χ1n) is 7.85. The number of amidine groups is 1. The molecule has 2 aromatic rings. The summed E-state index contributed by atoms with van der Waals surface area (Å²) in [5.74, 6) is -0.980. The number of methoxy groups -OCH3 is 1. The normalized spacial score (nSPS) is 17.0. The van der Waals surface area contributed by atoms with Gasteiger partial charge in [-0.3, -0.25) is 9.71 Å². The van der Waals surface area contributed by atoms with E-state index < -0.39 is 28.0 Å². The van der Waals surface area contributed by atoms with Gasteiger partial charge in [0, 0.05) is 5.56 Å². The summed E-state index contributed by atoms with van der Waals surface area (Å²) in [6.45, 7) is 1.28. The van der Waals surface area contributed by atoms with Gasteiger partial charge in [0.1, 0.15) is 24.2 Å². The average Bonchev–Trinajstić information content (AvgIpc) is 3.22. The van der Waals surface area contributed by atoms with Crippen LogP contribution in [0.3, 0.4) is 0 Å². The number of aliphatic imine (C=N–C) groups is 1. The molecule has 3 rings (SSSR count). The first-order valence-corrected chi connectivity index (χ1v) is 9.34. The predicted octanol–water partition coefficient (Wildman–Crippen LogP) is 1.24. The molecule has 0 amide bonds. The zero-order valence-electron chi connectivity index (χ0n) is 14.5. The monoisotopic (exact) mass is 392 g/mol. The number of carbonyl (C=O) groups excluding carboxylic acids is 2. The van der Waals surface area contributed by atoms with Crippen molar-refractivity contribution in [1.82, 2.24) is 4.72 Å². The molecule has 1 N–H and O–H groups in total. The van der Waals surface area contributed by atoms with Gasteiger partial charge >= 0.3 is 11.9 Å². The van der Waals surface area contributed by atoms with E-state index in [4.69, 9.17) is 9.15 Å². The third-order valence-electron chi connectivity index (χ3n) is 3.73. The van der Waals surface area contributed by atoms with E-state index in [1.165, 1.54) is 32.2 Å². The number of esters is 2. The van der Waals surface area contributed by atoms with E-state index in [1.54, 1.807) is 18.2 Å². The molecule has 0 aliphatic carbocycles. The number of hydrogen-bond donors (Lipinski definition) is 1. The first kappa shape index (κ1) is 18.6. The van der Waals surface area contributed by atoms with E-state index in [1.807, 2.05) is 0 Å². The maximum atomic E-state index is 12.1. The molecule has 27 heavy (non-hydrogen) atoms. The van der Waals surface area contributed by atoms with Crippen molar-refractivity contribution in [2.75, 3.05) is 7.11 Å². The number of nitrogens with zero attached hydrogens (tertiary/aromatic N) is 1. The van der Waals surface area contributed by atoms with Crippen molar-refractivity contribution >= 4 is 27.8 Å². The molecule has 0 bridgehead atoms. The van der Waals surface area contributed by atoms with Crippen LogP contribution < -0.4 is 4.72 Å². The van der Waals surface area contributed by atoms with Crippen molar-refractivity contribution < 1.29 is 31.9 Å². The summed E-state index contributed by atoms with van der Waals surface area (Å²) in [5, 5.41) is 0. The van der Waals surface area contributed by atoms with E-state index >= 15 is 0 Å². The fraction of sp³-hybridized carbons (Fsp3) is 0.235. The number of rotatable bonds is 5. The molecule has 0 saturated heterocycles. The van der Waals surface area contributed by atoms with Gasteiger partial charge in [-0.25, -0.2) is 18.0 Å². The van der Waals surface area contributed by atoms with Gasteiger partial charge in [0.15, 0.2) is 0 Å². The van der Waals surface area contributed by atoms with E-state index in [0.717, 1.165) is 0 Å². The Morgan fingerprint density at radius 2 is 1.96 bits per heavy atom. The lowest BCUT2D eigenvalue weighted by molar-refractivity contribution is -0.146. The van der Waals surface area contributed by atoms with Gasteiger partial charge in [-0.05, 0) is 31.2 Å². The fourth-order valence-corrected chi connectivity index (χ4v) is 3.64. The van der Waals surface area contributed by atoms with Crippen LogP contribution in [0.25, 0.3) is 0 Å². The Hall–Kier alpha value is -3.14. The summed E-state index contributed by atoms with van der Waals surface area (Å²) in [6.07, 6.45) is 0. The fourth-order valence-electron chi connectivity index (χ4n) is 2.40. The van der Waals surface area contributed by atoms with Gasteiger partial charge in [-0.15, -0.1) is 0 Å². The lowest BCUT2D eigenvalue weighted by Crippen LogP contribution is -2.26. The summed E-state index contributed by atoms with van der Waals surface area (Å²) in [4.78, 5) is 27.7. The molecule has 9 nitrogen and oxygen atoms in total. The number of carbonyl (C=O) groups is 2. The maximum absolute atomic E-state index is 12.1. The molecule has 0 spiro atoms. The molecular formula is C17H16N2O7S. The van der Waals surface area contributed by atoms with Crippen molar-refractivity contribution in [3.05, 3.63) is 53.5 Å². The van der Waals surface area contributed by atoms with E-state index in [2.05, 4.69) is 14.5 Å². The molecule has 1 aromatic heterocycles. The number of furan rings is 1. The van der Waals surface area contributed by atoms with E-state index in [-0.39, 0.29) is 28.9 Å². The van der Waals surface area contributed by atoms with Crippen molar-refractivity contribution in [2.45, 2.75) is 24.5 Å². The SMILES string of the molecule is COC(=O)c1ccc(COC(=O)C(C)N=C2NS(=O)(=O)c3ccccc32)o1. The molecule has 1 unspecified atom stereocenters. The second-order valence-corrected chi connectivity index (χ2v) is 7.27. The van der Waals surface area contributed by atoms with Crippen LogP contribution in [0, 0.1) is 0 Å². The lowest BCUT2D eigenvalue weighted by atomic mass is 10.2. The summed E-state index contributed by atoms with van der Waals surface area (Å²) >= 11 is 0. The minimum Gasteiger partial charge on any atom is -0.463 e. The van der Waals surface area contributed by atoms with Crippen molar-refractivity contribution in [2.24, 2.45) is 4.99 Å². The van der Waals surface area contributed by atoms with Gasteiger partial charge in [0.05, 0.1) is 12.0 Å². The molecule has 0 radical (unpaired) electrons. The molecule has 2 heterocycles. The molecule has 1 aromatic carbocycles. The van der Waals surface area contributed by atoms with Gasteiger partial charge in [-0.2, -0.15) is 0 Å². The zero-order chi connectivity index (χ0) is 19.6. The van der Waals surface area contributed by atoms with Crippen molar-refractivity contribution in [3.8, 4) is 0 Å². The molecule has 0 saturated carbocycles. The highest BCUT2D eigenvalue weighted by atomic mass is 32.2. The second kappa shape index (κ2) is 7.23. The highest BCUT2D eigenvalue weighted by molar-refractivity contribution is 7.90. The largest absolute Gasteiger partial charge is 0.463 e. The summed E-state index contributed by atoms with van der Waals surface area (Å²) < 4.78 is 41.2. The molecule has 142 valence electrons. The Morgan fingerprint density at radius 3 is 2.70 bits per heavy atom. The van der Waals surface area contributed by atoms with E-state index in [9.17, 15) is 18.0 Å². The molecule has 0 fully saturated rings. The number of benzene rings is 1. The van der Waals surface area contributed by atoms with Gasteiger partial charge in [-0.1, -0.05) is 12.1 Å². The van der Waals surface area contributed by atoms with Crippen LogP contribution in [0.1, 0.15) is 28.8 Å². The molecule has 1 aliphatic heterocycles. The van der Waals surface area contributed by atoms with Crippen LogP contribution in [0.5, 0.6) is 0 Å². The Kier molecular flexibility index (Phi) is 5.00. The minimum absolute atomic E-state index is 0.00573. The van der Waals surface area contributed by atoms with Crippen LogP contribution in [0.4, 0.5) is 0 Å². The van der Waals surface area contributed by atoms with Crippen LogP contribution in [0.15, 0.2) is 50.7 Å². The standard InChI is InChI=1S/C17H16N2O7S/c1-10(16(20)25-9-11-7-8-13(26-11)17(21)24-2)18-15-12-5-3-4-6-14(12)27(22,23)19-15/h3-8,10H,9H2,1-2H3,(H,18,19). The Labute approximate surface area is 155 Å². The Morgan fingerprint density at radius 1 is 1.22 bits per heavy atom. The Balaban J connectivity index is 1.67. The summed E-state index contributed by atoms with van der Waals surface area (Å²) in [6, 6.07) is 8.27. The Bertz CT molecular complexity index is 1020. The average molecular weight is 392 g/mol. The quantitative estimate of drug-likeness (QED) is 0.759. The minimum atomic E-state index is -3.68. The van der Waals surface area contributed by atoms with Crippen LogP contribution in [0.2, 0.25) is 0 Å². The third-order valence-corrected chi connectivity index (χ3v) is 5.13. The number of ether oxygens (including phenoxy) is 2. The highest BCUT2D eigenvalue weighted by Crippen LogP contribution is 2.22. The second-order valence-electron chi connectivity index (χ2n) is 5.62. The van der Waals surface area contributed by atoms with Crippen LogP contribution in [-0.4, -0.2) is 39.3 Å². The molecular weight excluding hydrogens is 376 g/mol. The maximum Gasteiger partial charge on any atom is 0.373 e. The van der Waals surface area contributed by atoms with Gasteiger partial charge in [0.2, 0.25) is 5.76 Å². The smallest absolute Gasteiger partial charge is 0.373 e. The summed E-state index contributed by atoms with van der Waals surface area (Å²) in [7, 11) is -2.46. The number of hydrogen-bond acceptors (Lipinski definition) is 8. The number of fused-ring (bicyclic) bond motifs is 1. The van der Waals surface area contributed by atoms with Crippen LogP contribution in [-0.2, 0) is 30.9 Å². The molecule has 1 aliphatic rings. The molecule has 10 heteroatoms. The number of sulfonamides is 1. The van der Waals surface area contributed by atoms with Crippen LogP contribution >= 0.6 is 0 Å². The first-order chi connectivity index (χ1) is 12.8. The number of nitrogens with one attached hydrogen (secondary N) is 1. The third kappa shape index (κ3) is 3.85. The van der Waals surface area contributed by atoms with E-state index in [0.29, 0.717) is 5.56 Å². The zero-order valence-corrected chi connectivity index (χ0v) is 15.3. The highest BCUT2D eigenvalue weighted by Gasteiger charge is 2.31.